The topological polar surface area (TPSA) is 54.4 Å². The first-order valence-corrected chi connectivity index (χ1v) is 16.4. The van der Waals surface area contributed by atoms with E-state index >= 15 is 0 Å². The third kappa shape index (κ3) is 5.07. The predicted molar refractivity (Wildman–Crippen MR) is 152 cm³/mol. The van der Waals surface area contributed by atoms with Gasteiger partial charge >= 0.3 is 0 Å². The SMILES string of the molecule is C[C@]12CCC(=O)C=C1C[C@@H](CCCCCCCS(=O)c1ccccc1)[C@@H]1[C@@H]2CC[C@@]2(C)[C@H]1CC[C@]2(C)O. The van der Waals surface area contributed by atoms with Gasteiger partial charge < -0.3 is 5.11 Å². The minimum absolute atomic E-state index is 0.0306. The van der Waals surface area contributed by atoms with Gasteiger partial charge in [0.1, 0.15) is 0 Å². The minimum Gasteiger partial charge on any atom is -0.390 e. The van der Waals surface area contributed by atoms with Crippen molar-refractivity contribution >= 4 is 16.6 Å². The molecular weight excluding hydrogens is 476 g/mol. The van der Waals surface area contributed by atoms with Crippen LogP contribution in [0.3, 0.4) is 0 Å². The fourth-order valence-electron chi connectivity index (χ4n) is 9.10. The summed E-state index contributed by atoms with van der Waals surface area (Å²) in [5, 5.41) is 11.4. The smallest absolute Gasteiger partial charge is 0.155 e. The Morgan fingerprint density at radius 1 is 0.919 bits per heavy atom. The number of fused-ring (bicyclic) bond motifs is 5. The van der Waals surface area contributed by atoms with Gasteiger partial charge in [0.05, 0.1) is 16.4 Å². The van der Waals surface area contributed by atoms with Crippen LogP contribution in [0.2, 0.25) is 0 Å². The molecule has 204 valence electrons. The maximum atomic E-state index is 12.5. The molecule has 0 heterocycles. The number of unbranched alkanes of at least 4 members (excludes halogenated alkanes) is 4. The van der Waals surface area contributed by atoms with E-state index in [1.807, 2.05) is 36.4 Å². The highest BCUT2D eigenvalue weighted by molar-refractivity contribution is 7.85. The normalized spacial score (nSPS) is 39.9. The predicted octanol–water partition coefficient (Wildman–Crippen LogP) is 7.64. The molecule has 4 heteroatoms. The number of rotatable bonds is 9. The standard InChI is InChI=1S/C33H48O3S/c1-31-18-15-26(34)23-25(31)22-24(30-28(31)16-19-32(2)29(30)17-20-33(32,3)35)12-8-5-4-6-11-21-37(36)27-13-9-7-10-14-27/h7,9-10,13-14,23-24,28-30,35H,4-6,8,11-12,15-22H2,1-3H3/t24-,28+,29+,30-,31+,32+,33+,37?/m1/s1. The molecule has 0 radical (unpaired) electrons. The molecule has 1 aromatic carbocycles. The number of ketones is 1. The third-order valence-electron chi connectivity index (χ3n) is 11.6. The summed E-state index contributed by atoms with van der Waals surface area (Å²) in [6.45, 7) is 6.95. The molecule has 1 unspecified atom stereocenters. The van der Waals surface area contributed by atoms with Crippen molar-refractivity contribution in [2.24, 2.45) is 34.5 Å². The van der Waals surface area contributed by atoms with Crippen LogP contribution in [0.5, 0.6) is 0 Å². The van der Waals surface area contributed by atoms with Gasteiger partial charge in [-0.25, -0.2) is 0 Å². The largest absolute Gasteiger partial charge is 0.390 e. The zero-order chi connectivity index (χ0) is 26.3. The van der Waals surface area contributed by atoms with Crippen LogP contribution in [0.1, 0.15) is 104 Å². The second kappa shape index (κ2) is 10.7. The average molecular weight is 525 g/mol. The molecule has 5 rings (SSSR count). The summed E-state index contributed by atoms with van der Waals surface area (Å²) in [5.74, 6) is 3.68. The van der Waals surface area contributed by atoms with Gasteiger partial charge in [0.15, 0.2) is 5.78 Å². The Kier molecular flexibility index (Phi) is 7.91. The van der Waals surface area contributed by atoms with Crippen molar-refractivity contribution < 1.29 is 14.1 Å². The van der Waals surface area contributed by atoms with Crippen LogP contribution < -0.4 is 0 Å². The molecule has 0 aromatic heterocycles. The Morgan fingerprint density at radius 3 is 2.41 bits per heavy atom. The second-order valence-corrected chi connectivity index (χ2v) is 15.1. The first kappa shape index (κ1) is 27.3. The molecule has 4 aliphatic rings. The molecule has 0 aliphatic heterocycles. The van der Waals surface area contributed by atoms with E-state index in [1.165, 1.54) is 37.7 Å². The summed E-state index contributed by atoms with van der Waals surface area (Å²) in [6.07, 6.45) is 16.4. The number of hydrogen-bond donors (Lipinski definition) is 1. The fourth-order valence-corrected chi connectivity index (χ4v) is 10.3. The fraction of sp³-hybridized carbons (Fsp3) is 0.727. The minimum atomic E-state index is -0.878. The number of carbonyl (C=O) groups is 1. The molecule has 4 aliphatic carbocycles. The molecule has 3 fully saturated rings. The van der Waals surface area contributed by atoms with Crippen molar-refractivity contribution in [2.45, 2.75) is 115 Å². The van der Waals surface area contributed by atoms with E-state index < -0.39 is 16.4 Å². The molecule has 3 nitrogen and oxygen atoms in total. The van der Waals surface area contributed by atoms with Gasteiger partial charge in [-0.1, -0.05) is 63.3 Å². The van der Waals surface area contributed by atoms with Crippen LogP contribution in [0, 0.1) is 34.5 Å². The van der Waals surface area contributed by atoms with Crippen molar-refractivity contribution in [3.05, 3.63) is 42.0 Å². The van der Waals surface area contributed by atoms with E-state index in [0.717, 1.165) is 55.6 Å². The highest BCUT2D eigenvalue weighted by Crippen LogP contribution is 2.69. The number of benzene rings is 1. The number of aliphatic hydroxyl groups is 1. The van der Waals surface area contributed by atoms with Crippen LogP contribution in [0.4, 0.5) is 0 Å². The quantitative estimate of drug-likeness (QED) is 0.338. The first-order chi connectivity index (χ1) is 17.7. The van der Waals surface area contributed by atoms with Crippen LogP contribution in [0.25, 0.3) is 0 Å². The molecule has 3 saturated carbocycles. The van der Waals surface area contributed by atoms with Gasteiger partial charge in [0, 0.05) is 17.1 Å². The van der Waals surface area contributed by atoms with E-state index in [1.54, 1.807) is 0 Å². The van der Waals surface area contributed by atoms with Crippen molar-refractivity contribution in [1.82, 2.24) is 0 Å². The van der Waals surface area contributed by atoms with Crippen molar-refractivity contribution in [2.75, 3.05) is 5.75 Å². The van der Waals surface area contributed by atoms with Crippen LogP contribution in [-0.4, -0.2) is 26.5 Å². The summed E-state index contributed by atoms with van der Waals surface area (Å²) in [5.41, 5.74) is 1.11. The molecule has 0 bridgehead atoms. The maximum absolute atomic E-state index is 12.5. The van der Waals surface area contributed by atoms with E-state index in [0.29, 0.717) is 35.9 Å². The van der Waals surface area contributed by atoms with Crippen LogP contribution in [-0.2, 0) is 15.6 Å². The number of hydrogen-bond acceptors (Lipinski definition) is 3. The molecule has 1 aromatic rings. The molecular formula is C33H48O3S. The summed E-state index contributed by atoms with van der Waals surface area (Å²) >= 11 is 0. The van der Waals surface area contributed by atoms with E-state index in [2.05, 4.69) is 20.8 Å². The van der Waals surface area contributed by atoms with Gasteiger partial charge in [0.25, 0.3) is 0 Å². The lowest BCUT2D eigenvalue weighted by molar-refractivity contribution is -0.135. The molecule has 0 spiro atoms. The van der Waals surface area contributed by atoms with Gasteiger partial charge in [-0.15, -0.1) is 0 Å². The van der Waals surface area contributed by atoms with Crippen molar-refractivity contribution in [1.29, 1.82) is 0 Å². The Labute approximate surface area is 227 Å². The van der Waals surface area contributed by atoms with E-state index in [4.69, 9.17) is 0 Å². The van der Waals surface area contributed by atoms with Gasteiger partial charge in [-0.05, 0) is 111 Å². The van der Waals surface area contributed by atoms with Crippen molar-refractivity contribution in [3.8, 4) is 0 Å². The average Bonchev–Trinajstić information content (AvgIpc) is 3.13. The second-order valence-electron chi connectivity index (χ2n) is 13.5. The summed E-state index contributed by atoms with van der Waals surface area (Å²) in [4.78, 5) is 13.4. The summed E-state index contributed by atoms with van der Waals surface area (Å²) in [7, 11) is -0.878. The zero-order valence-electron chi connectivity index (χ0n) is 23.3. The van der Waals surface area contributed by atoms with Crippen LogP contribution >= 0.6 is 0 Å². The number of carbonyl (C=O) groups excluding carboxylic acids is 1. The highest BCUT2D eigenvalue weighted by Gasteiger charge is 2.64. The van der Waals surface area contributed by atoms with E-state index in [9.17, 15) is 14.1 Å². The Hall–Kier alpha value is -1.26. The molecule has 37 heavy (non-hydrogen) atoms. The van der Waals surface area contributed by atoms with E-state index in [-0.39, 0.29) is 10.8 Å². The van der Waals surface area contributed by atoms with Crippen LogP contribution in [0.15, 0.2) is 46.9 Å². The number of allylic oxidation sites excluding steroid dienone is 1. The molecule has 0 amide bonds. The highest BCUT2D eigenvalue weighted by atomic mass is 32.2. The molecule has 8 atom stereocenters. The Balaban J connectivity index is 1.20. The maximum Gasteiger partial charge on any atom is 0.155 e. The van der Waals surface area contributed by atoms with Crippen molar-refractivity contribution in [3.63, 3.8) is 0 Å². The summed E-state index contributed by atoms with van der Waals surface area (Å²) < 4.78 is 12.5. The lowest BCUT2D eigenvalue weighted by Gasteiger charge is -2.61. The Bertz CT molecular complexity index is 1030. The Morgan fingerprint density at radius 2 is 1.62 bits per heavy atom. The van der Waals surface area contributed by atoms with Gasteiger partial charge in [-0.2, -0.15) is 0 Å². The lowest BCUT2D eigenvalue weighted by atomic mass is 9.44. The molecule has 0 saturated heterocycles. The zero-order valence-corrected chi connectivity index (χ0v) is 24.2. The third-order valence-corrected chi connectivity index (χ3v) is 13.1. The molecule has 1 N–H and O–H groups in total. The van der Waals surface area contributed by atoms with Gasteiger partial charge in [-0.3, -0.25) is 9.00 Å². The first-order valence-electron chi connectivity index (χ1n) is 15.1. The van der Waals surface area contributed by atoms with Gasteiger partial charge in [0.2, 0.25) is 0 Å². The summed E-state index contributed by atoms with van der Waals surface area (Å²) in [6, 6.07) is 9.84. The lowest BCUT2D eigenvalue weighted by Crippen LogP contribution is -2.56. The monoisotopic (exact) mass is 524 g/mol.